The number of furan rings is 1. The molecule has 234 valence electrons. The lowest BCUT2D eigenvalue weighted by atomic mass is 9.91. The van der Waals surface area contributed by atoms with Crippen LogP contribution in [0.25, 0.3) is 76.5 Å². The molecule has 0 saturated heterocycles. The lowest BCUT2D eigenvalue weighted by Gasteiger charge is -2.28. The van der Waals surface area contributed by atoms with Gasteiger partial charge < -0.3 is 9.32 Å². The molecule has 1 aromatic heterocycles. The van der Waals surface area contributed by atoms with E-state index >= 15 is 0 Å². The van der Waals surface area contributed by atoms with Crippen LogP contribution in [0.5, 0.6) is 0 Å². The quantitative estimate of drug-likeness (QED) is 0.175. The summed E-state index contributed by atoms with van der Waals surface area (Å²) in [7, 11) is 0. The van der Waals surface area contributed by atoms with E-state index in [4.69, 9.17) is 4.42 Å². The number of para-hydroxylation sites is 1. The lowest BCUT2D eigenvalue weighted by Crippen LogP contribution is -2.11. The molecule has 0 atom stereocenters. The van der Waals surface area contributed by atoms with Gasteiger partial charge in [-0.15, -0.1) is 0 Å². The van der Waals surface area contributed by atoms with Crippen LogP contribution in [0.3, 0.4) is 0 Å². The minimum Gasteiger partial charge on any atom is -0.456 e. The molecular weight excluding hydrogens is 607 g/mol. The zero-order chi connectivity index (χ0) is 33.0. The van der Waals surface area contributed by atoms with Crippen LogP contribution in [0.2, 0.25) is 0 Å². The molecule has 0 fully saturated rings. The van der Waals surface area contributed by atoms with E-state index in [0.29, 0.717) is 0 Å². The van der Waals surface area contributed by atoms with Gasteiger partial charge in [0.15, 0.2) is 0 Å². The summed E-state index contributed by atoms with van der Waals surface area (Å²) in [6.45, 7) is 0. The fourth-order valence-corrected chi connectivity index (χ4v) is 7.82. The smallest absolute Gasteiger partial charge is 0.137 e. The monoisotopic (exact) mass is 637 g/mol. The molecule has 9 aromatic carbocycles. The van der Waals surface area contributed by atoms with E-state index in [2.05, 4.69) is 187 Å². The molecule has 0 saturated carbocycles. The van der Waals surface area contributed by atoms with Gasteiger partial charge in [-0.2, -0.15) is 0 Å². The van der Waals surface area contributed by atoms with Crippen LogP contribution in [0.4, 0.5) is 17.1 Å². The first-order chi connectivity index (χ1) is 24.8. The van der Waals surface area contributed by atoms with Crippen LogP contribution in [0.15, 0.2) is 192 Å². The fourth-order valence-electron chi connectivity index (χ4n) is 7.82. The Balaban J connectivity index is 1.28. The van der Waals surface area contributed by atoms with Crippen LogP contribution in [-0.2, 0) is 0 Å². The summed E-state index contributed by atoms with van der Waals surface area (Å²) >= 11 is 0. The second-order valence-corrected chi connectivity index (χ2v) is 12.9. The molecule has 0 aliphatic rings. The summed E-state index contributed by atoms with van der Waals surface area (Å²) in [5.41, 5.74) is 9.85. The first kappa shape index (κ1) is 28.4. The Morgan fingerprint density at radius 1 is 0.340 bits per heavy atom. The predicted octanol–water partition coefficient (Wildman–Crippen LogP) is 13.8. The van der Waals surface area contributed by atoms with Crippen molar-refractivity contribution < 1.29 is 4.42 Å². The van der Waals surface area contributed by atoms with Gasteiger partial charge in [0.05, 0.1) is 16.8 Å². The van der Waals surface area contributed by atoms with Crippen molar-refractivity contribution in [2.24, 2.45) is 0 Å². The molecule has 1 heterocycles. The van der Waals surface area contributed by atoms with Gasteiger partial charge in [0.2, 0.25) is 0 Å². The highest BCUT2D eigenvalue weighted by Gasteiger charge is 2.22. The molecular formula is C48H31NO. The Morgan fingerprint density at radius 2 is 0.940 bits per heavy atom. The minimum absolute atomic E-state index is 0.872. The molecule has 2 heteroatoms. The summed E-state index contributed by atoms with van der Waals surface area (Å²) in [5.74, 6) is 0. The van der Waals surface area contributed by atoms with E-state index < -0.39 is 0 Å². The molecule has 0 radical (unpaired) electrons. The van der Waals surface area contributed by atoms with Gasteiger partial charge >= 0.3 is 0 Å². The summed E-state index contributed by atoms with van der Waals surface area (Å²) in [6.07, 6.45) is 0. The second-order valence-electron chi connectivity index (χ2n) is 12.9. The van der Waals surface area contributed by atoms with Crippen LogP contribution in [0, 0.1) is 0 Å². The molecule has 50 heavy (non-hydrogen) atoms. The van der Waals surface area contributed by atoms with Gasteiger partial charge in [-0.1, -0.05) is 152 Å². The van der Waals surface area contributed by atoms with E-state index in [9.17, 15) is 0 Å². The number of fused-ring (bicyclic) bond motifs is 7. The minimum atomic E-state index is 0.872. The summed E-state index contributed by atoms with van der Waals surface area (Å²) < 4.78 is 6.44. The van der Waals surface area contributed by atoms with Crippen molar-refractivity contribution in [2.75, 3.05) is 4.90 Å². The third-order valence-corrected chi connectivity index (χ3v) is 10.0. The van der Waals surface area contributed by atoms with Crippen LogP contribution in [0.1, 0.15) is 0 Å². The molecule has 0 unspecified atom stereocenters. The highest BCUT2D eigenvalue weighted by Crippen LogP contribution is 2.47. The second kappa shape index (κ2) is 11.5. The maximum atomic E-state index is 6.44. The number of nitrogens with zero attached hydrogens (tertiary/aromatic N) is 1. The number of anilines is 3. The normalized spacial score (nSPS) is 11.6. The molecule has 0 amide bonds. The van der Waals surface area contributed by atoms with Crippen LogP contribution in [-0.4, -0.2) is 0 Å². The average molecular weight is 638 g/mol. The van der Waals surface area contributed by atoms with Crippen LogP contribution >= 0.6 is 0 Å². The molecule has 10 aromatic rings. The first-order valence-electron chi connectivity index (χ1n) is 17.1. The Morgan fingerprint density at radius 3 is 1.78 bits per heavy atom. The Labute approximate surface area is 290 Å². The number of hydrogen-bond acceptors (Lipinski definition) is 2. The summed E-state index contributed by atoms with van der Waals surface area (Å²) in [4.78, 5) is 2.44. The molecule has 0 aliphatic heterocycles. The van der Waals surface area contributed by atoms with E-state index in [1.165, 1.54) is 49.0 Å². The van der Waals surface area contributed by atoms with Crippen LogP contribution < -0.4 is 4.90 Å². The largest absolute Gasteiger partial charge is 0.456 e. The average Bonchev–Trinajstić information content (AvgIpc) is 3.58. The first-order valence-corrected chi connectivity index (χ1v) is 17.1. The summed E-state index contributed by atoms with van der Waals surface area (Å²) in [5, 5.41) is 9.55. The van der Waals surface area contributed by atoms with Gasteiger partial charge in [0.1, 0.15) is 11.2 Å². The van der Waals surface area contributed by atoms with Gasteiger partial charge in [0, 0.05) is 16.5 Å². The Bertz CT molecular complexity index is 2880. The maximum absolute atomic E-state index is 6.44. The predicted molar refractivity (Wildman–Crippen MR) is 212 cm³/mol. The molecule has 0 bridgehead atoms. The summed E-state index contributed by atoms with van der Waals surface area (Å²) in [6, 6.07) is 67.6. The topological polar surface area (TPSA) is 16.4 Å². The molecule has 0 spiro atoms. The van der Waals surface area contributed by atoms with Gasteiger partial charge in [-0.25, -0.2) is 0 Å². The Kier molecular flexibility index (Phi) is 6.53. The van der Waals surface area contributed by atoms with Gasteiger partial charge in [-0.3, -0.25) is 0 Å². The van der Waals surface area contributed by atoms with Crippen molar-refractivity contribution in [3.8, 4) is 22.3 Å². The molecule has 2 nitrogen and oxygen atoms in total. The molecule has 10 rings (SSSR count). The maximum Gasteiger partial charge on any atom is 0.137 e. The molecule has 0 aliphatic carbocycles. The van der Waals surface area contributed by atoms with Crippen molar-refractivity contribution in [1.29, 1.82) is 0 Å². The van der Waals surface area contributed by atoms with Crippen molar-refractivity contribution in [3.63, 3.8) is 0 Å². The van der Waals surface area contributed by atoms with E-state index in [0.717, 1.165) is 44.6 Å². The van der Waals surface area contributed by atoms with Crippen molar-refractivity contribution in [3.05, 3.63) is 188 Å². The van der Waals surface area contributed by atoms with E-state index in [1.54, 1.807) is 0 Å². The van der Waals surface area contributed by atoms with E-state index in [1.807, 2.05) is 6.07 Å². The molecule has 0 N–H and O–H groups in total. The van der Waals surface area contributed by atoms with E-state index in [-0.39, 0.29) is 0 Å². The van der Waals surface area contributed by atoms with Crippen molar-refractivity contribution >= 4 is 71.3 Å². The highest BCUT2D eigenvalue weighted by atomic mass is 16.3. The van der Waals surface area contributed by atoms with Gasteiger partial charge in [0.25, 0.3) is 0 Å². The zero-order valence-corrected chi connectivity index (χ0v) is 27.3. The number of benzene rings is 9. The lowest BCUT2D eigenvalue weighted by molar-refractivity contribution is 0.669. The van der Waals surface area contributed by atoms with Crippen molar-refractivity contribution in [2.45, 2.75) is 0 Å². The Hall–Kier alpha value is -6.64. The highest BCUT2D eigenvalue weighted by molar-refractivity contribution is 6.18. The zero-order valence-electron chi connectivity index (χ0n) is 27.3. The third-order valence-electron chi connectivity index (χ3n) is 10.0. The fraction of sp³-hybridized carbons (Fsp3) is 0. The third kappa shape index (κ3) is 4.50. The van der Waals surface area contributed by atoms with Crippen molar-refractivity contribution in [1.82, 2.24) is 0 Å². The standard InChI is InChI=1S/C48H31NO/c1-2-14-32(15-3-1)38-25-11-17-33-18-12-26-39(47(33)38)34-19-10-20-36(30-34)49(43-27-13-29-46-48(43)42-24-8-9-28-45(42)50-46)44-31-35-16-4-5-21-37(35)40-22-6-7-23-41(40)44/h1-31H. The van der Waals surface area contributed by atoms with Gasteiger partial charge in [-0.05, 0) is 85.6 Å². The SMILES string of the molecule is c1ccc(-c2cccc3cccc(-c4cccc(N(c5cc6ccccc6c6ccccc56)c5cccc6oc7ccccc7c56)c4)c23)cc1. The number of hydrogen-bond donors (Lipinski definition) is 0. The number of rotatable bonds is 5.